The average molecular weight is 302 g/mol. The summed E-state index contributed by atoms with van der Waals surface area (Å²) < 4.78 is 22.9. The first-order valence-corrected chi connectivity index (χ1v) is 9.01. The quantitative estimate of drug-likeness (QED) is 0.608. The third-order valence-electron chi connectivity index (χ3n) is 2.43. The van der Waals surface area contributed by atoms with Crippen LogP contribution in [0.3, 0.4) is 0 Å². The Kier molecular flexibility index (Phi) is 5.68. The van der Waals surface area contributed by atoms with E-state index in [9.17, 15) is 13.2 Å². The number of nitrogen functional groups attached to an aromatic ring is 1. The number of carbonyl (C=O) groups excluding carboxylic acids is 1. The first kappa shape index (κ1) is 15.8. The van der Waals surface area contributed by atoms with Gasteiger partial charge in [-0.1, -0.05) is 0 Å². The van der Waals surface area contributed by atoms with E-state index in [0.717, 1.165) is 18.4 Å². The molecule has 0 saturated carbocycles. The number of hydrogen-bond donors (Lipinski definition) is 2. The maximum atomic E-state index is 11.9. The summed E-state index contributed by atoms with van der Waals surface area (Å²) in [6, 6.07) is 4.16. The lowest BCUT2D eigenvalue weighted by atomic mass is 10.2. The van der Waals surface area contributed by atoms with Gasteiger partial charge in [0, 0.05) is 24.1 Å². The van der Waals surface area contributed by atoms with Gasteiger partial charge in [0.25, 0.3) is 5.91 Å². The summed E-state index contributed by atoms with van der Waals surface area (Å²) in [5.41, 5.74) is 6.15. The molecule has 0 saturated heterocycles. The monoisotopic (exact) mass is 302 g/mol. The molecule has 5 nitrogen and oxygen atoms in total. The van der Waals surface area contributed by atoms with Gasteiger partial charge >= 0.3 is 0 Å². The average Bonchev–Trinajstić information content (AvgIpc) is 2.32. The van der Waals surface area contributed by atoms with Crippen molar-refractivity contribution < 1.29 is 13.2 Å². The molecule has 1 rings (SSSR count). The zero-order valence-corrected chi connectivity index (χ0v) is 12.6. The maximum Gasteiger partial charge on any atom is 0.251 e. The van der Waals surface area contributed by atoms with Gasteiger partial charge in [0.2, 0.25) is 0 Å². The summed E-state index contributed by atoms with van der Waals surface area (Å²) in [7, 11) is -3.37. The summed E-state index contributed by atoms with van der Waals surface area (Å²) >= 11 is 1.71. The summed E-state index contributed by atoms with van der Waals surface area (Å²) in [6.45, 7) is 0.558. The van der Waals surface area contributed by atoms with Crippen LogP contribution in [0.1, 0.15) is 16.8 Å². The van der Waals surface area contributed by atoms with Crippen LogP contribution < -0.4 is 11.1 Å². The molecule has 106 valence electrons. The predicted molar refractivity (Wildman–Crippen MR) is 79.3 cm³/mol. The fourth-order valence-corrected chi connectivity index (χ4v) is 2.61. The molecular formula is C12H18N2O3S2. The number of nitrogens with one attached hydrogen (secondary N) is 1. The van der Waals surface area contributed by atoms with Gasteiger partial charge < -0.3 is 11.1 Å². The number of hydrogen-bond acceptors (Lipinski definition) is 5. The van der Waals surface area contributed by atoms with Crippen LogP contribution in [0.15, 0.2) is 23.1 Å². The van der Waals surface area contributed by atoms with Gasteiger partial charge in [0.1, 0.15) is 0 Å². The van der Waals surface area contributed by atoms with Gasteiger partial charge in [-0.3, -0.25) is 4.79 Å². The molecule has 0 radical (unpaired) electrons. The molecule has 0 unspecified atom stereocenters. The van der Waals surface area contributed by atoms with Gasteiger partial charge in [-0.05, 0) is 36.6 Å². The number of benzene rings is 1. The van der Waals surface area contributed by atoms with E-state index in [1.54, 1.807) is 11.8 Å². The van der Waals surface area contributed by atoms with Crippen molar-refractivity contribution in [2.24, 2.45) is 0 Å². The van der Waals surface area contributed by atoms with Gasteiger partial charge in [-0.2, -0.15) is 11.8 Å². The molecule has 7 heteroatoms. The Morgan fingerprint density at radius 3 is 2.63 bits per heavy atom. The number of sulfone groups is 1. The number of thioether (sulfide) groups is 1. The molecule has 0 heterocycles. The Balaban J connectivity index is 2.83. The first-order valence-electron chi connectivity index (χ1n) is 5.72. The molecule has 0 bridgehead atoms. The predicted octanol–water partition coefficient (Wildman–Crippen LogP) is 1.16. The standard InChI is InChI=1S/C12H18N2O3S2/c1-18-5-3-4-14-12(15)9-6-10(13)8-11(7-9)19(2,16)17/h6-8H,3-5,13H2,1-2H3,(H,14,15). The van der Waals surface area contributed by atoms with Crippen molar-refractivity contribution >= 4 is 33.2 Å². The molecule has 1 aromatic carbocycles. The lowest BCUT2D eigenvalue weighted by Crippen LogP contribution is -2.25. The highest BCUT2D eigenvalue weighted by atomic mass is 32.2. The molecule has 0 aliphatic carbocycles. The van der Waals surface area contributed by atoms with Crippen molar-refractivity contribution in [3.63, 3.8) is 0 Å². The molecule has 0 aliphatic rings. The Bertz CT molecular complexity index is 556. The van der Waals surface area contributed by atoms with Crippen LogP contribution in [-0.2, 0) is 9.84 Å². The van der Waals surface area contributed by atoms with Crippen molar-refractivity contribution in [2.45, 2.75) is 11.3 Å². The van der Waals surface area contributed by atoms with Gasteiger partial charge in [0.15, 0.2) is 9.84 Å². The zero-order chi connectivity index (χ0) is 14.5. The maximum absolute atomic E-state index is 11.9. The van der Waals surface area contributed by atoms with Gasteiger partial charge in [-0.25, -0.2) is 8.42 Å². The number of rotatable bonds is 6. The van der Waals surface area contributed by atoms with E-state index in [2.05, 4.69) is 5.32 Å². The minimum atomic E-state index is -3.37. The van der Waals surface area contributed by atoms with E-state index in [1.807, 2.05) is 6.26 Å². The second kappa shape index (κ2) is 6.81. The minimum absolute atomic E-state index is 0.0572. The Morgan fingerprint density at radius 2 is 2.05 bits per heavy atom. The molecular weight excluding hydrogens is 284 g/mol. The molecule has 19 heavy (non-hydrogen) atoms. The Labute approximate surface area is 117 Å². The summed E-state index contributed by atoms with van der Waals surface area (Å²) in [4.78, 5) is 11.9. The van der Waals surface area contributed by atoms with Crippen molar-refractivity contribution in [1.29, 1.82) is 0 Å². The second-order valence-electron chi connectivity index (χ2n) is 4.17. The normalized spacial score (nSPS) is 11.3. The van der Waals surface area contributed by atoms with Crippen molar-refractivity contribution in [3.05, 3.63) is 23.8 Å². The van der Waals surface area contributed by atoms with Crippen LogP contribution in [-0.4, -0.2) is 39.1 Å². The third kappa shape index (κ3) is 5.12. The van der Waals surface area contributed by atoms with E-state index >= 15 is 0 Å². The topological polar surface area (TPSA) is 89.3 Å². The fraction of sp³-hybridized carbons (Fsp3) is 0.417. The highest BCUT2D eigenvalue weighted by molar-refractivity contribution is 7.98. The summed E-state index contributed by atoms with van der Waals surface area (Å²) in [6.07, 6.45) is 3.95. The molecule has 1 aromatic rings. The van der Waals surface area contributed by atoms with E-state index in [0.29, 0.717) is 6.54 Å². The molecule has 0 atom stereocenters. The van der Waals surface area contributed by atoms with Crippen LogP contribution in [0.5, 0.6) is 0 Å². The number of nitrogens with two attached hydrogens (primary N) is 1. The molecule has 0 spiro atoms. The van der Waals surface area contributed by atoms with Crippen LogP contribution >= 0.6 is 11.8 Å². The fourth-order valence-electron chi connectivity index (χ4n) is 1.49. The van der Waals surface area contributed by atoms with Gasteiger partial charge in [0.05, 0.1) is 4.90 Å². The number of carbonyl (C=O) groups is 1. The van der Waals surface area contributed by atoms with E-state index in [1.165, 1.54) is 18.2 Å². The van der Waals surface area contributed by atoms with Crippen molar-refractivity contribution in [1.82, 2.24) is 5.32 Å². The zero-order valence-electron chi connectivity index (χ0n) is 11.0. The minimum Gasteiger partial charge on any atom is -0.399 e. The number of anilines is 1. The molecule has 0 fully saturated rings. The van der Waals surface area contributed by atoms with Crippen LogP contribution in [0.2, 0.25) is 0 Å². The first-order chi connectivity index (χ1) is 8.84. The largest absolute Gasteiger partial charge is 0.399 e. The van der Waals surface area contributed by atoms with Crippen molar-refractivity contribution in [3.8, 4) is 0 Å². The Morgan fingerprint density at radius 1 is 1.37 bits per heavy atom. The molecule has 1 amide bonds. The Hall–Kier alpha value is -1.21. The van der Waals surface area contributed by atoms with Gasteiger partial charge in [-0.15, -0.1) is 0 Å². The molecule has 0 aromatic heterocycles. The van der Waals surface area contributed by atoms with Crippen LogP contribution in [0.4, 0.5) is 5.69 Å². The highest BCUT2D eigenvalue weighted by Gasteiger charge is 2.13. The van der Waals surface area contributed by atoms with Crippen LogP contribution in [0, 0.1) is 0 Å². The smallest absolute Gasteiger partial charge is 0.251 e. The van der Waals surface area contributed by atoms with E-state index in [-0.39, 0.29) is 22.1 Å². The van der Waals surface area contributed by atoms with Crippen LogP contribution in [0.25, 0.3) is 0 Å². The van der Waals surface area contributed by atoms with Crippen molar-refractivity contribution in [2.75, 3.05) is 30.5 Å². The number of amides is 1. The lowest BCUT2D eigenvalue weighted by molar-refractivity contribution is 0.0953. The SMILES string of the molecule is CSCCCNC(=O)c1cc(N)cc(S(C)(=O)=O)c1. The van der Waals surface area contributed by atoms with E-state index < -0.39 is 9.84 Å². The third-order valence-corrected chi connectivity index (χ3v) is 4.22. The van der Waals surface area contributed by atoms with E-state index in [4.69, 9.17) is 5.73 Å². The summed E-state index contributed by atoms with van der Waals surface area (Å²) in [5, 5.41) is 2.74. The lowest BCUT2D eigenvalue weighted by Gasteiger charge is -2.07. The molecule has 0 aliphatic heterocycles. The second-order valence-corrected chi connectivity index (χ2v) is 7.17. The molecule has 3 N–H and O–H groups in total. The summed E-state index contributed by atoms with van der Waals surface area (Å²) in [5.74, 6) is 0.657. The highest BCUT2D eigenvalue weighted by Crippen LogP contribution is 2.16.